The summed E-state index contributed by atoms with van der Waals surface area (Å²) < 4.78 is 13.1. The summed E-state index contributed by atoms with van der Waals surface area (Å²) in [6, 6.07) is 6.52. The van der Waals surface area contributed by atoms with E-state index in [0.717, 1.165) is 0 Å². The number of para-hydroxylation sites is 1. The summed E-state index contributed by atoms with van der Waals surface area (Å²) in [6.07, 6.45) is 1.67. The van der Waals surface area contributed by atoms with Gasteiger partial charge >= 0.3 is 0 Å². The average Bonchev–Trinajstić information content (AvgIpc) is 2.61. The molecule has 2 aromatic rings. The highest BCUT2D eigenvalue weighted by Gasteiger charge is 2.00. The van der Waals surface area contributed by atoms with Crippen molar-refractivity contribution >= 4 is 22.2 Å². The van der Waals surface area contributed by atoms with Gasteiger partial charge in [0.2, 0.25) is 0 Å². The Morgan fingerprint density at radius 1 is 1.31 bits per heavy atom. The Morgan fingerprint density at radius 2 is 2.15 bits per heavy atom. The molecule has 66 valence electrons. The third kappa shape index (κ3) is 1.84. The zero-order valence-electron chi connectivity index (χ0n) is 6.70. The molecule has 4 heteroatoms. The van der Waals surface area contributed by atoms with Gasteiger partial charge in [-0.2, -0.15) is 0 Å². The number of hydrogen-bond donors (Lipinski definition) is 1. The molecular weight excluding hydrogens is 187 g/mol. The van der Waals surface area contributed by atoms with Crippen LogP contribution in [0.15, 0.2) is 35.8 Å². The van der Waals surface area contributed by atoms with Gasteiger partial charge in [-0.3, -0.25) is 0 Å². The molecule has 1 heterocycles. The van der Waals surface area contributed by atoms with Crippen molar-refractivity contribution in [3.8, 4) is 0 Å². The van der Waals surface area contributed by atoms with Crippen LogP contribution in [-0.2, 0) is 0 Å². The average molecular weight is 194 g/mol. The molecule has 0 aliphatic rings. The molecule has 1 N–H and O–H groups in total. The number of halogens is 1. The molecule has 0 atom stereocenters. The molecule has 0 radical (unpaired) electrons. The van der Waals surface area contributed by atoms with Gasteiger partial charge in [-0.05, 0) is 12.1 Å². The Balaban J connectivity index is 2.24. The van der Waals surface area contributed by atoms with Crippen LogP contribution in [0.3, 0.4) is 0 Å². The van der Waals surface area contributed by atoms with Gasteiger partial charge < -0.3 is 5.32 Å². The second-order valence-corrected chi connectivity index (χ2v) is 3.34. The topological polar surface area (TPSA) is 24.9 Å². The molecule has 0 fully saturated rings. The Bertz CT molecular complexity index is 386. The van der Waals surface area contributed by atoms with Gasteiger partial charge in [0.05, 0.1) is 5.69 Å². The lowest BCUT2D eigenvalue weighted by Crippen LogP contribution is -1.91. The Labute approximate surface area is 79.1 Å². The summed E-state index contributed by atoms with van der Waals surface area (Å²) in [6.45, 7) is 0. The maximum Gasteiger partial charge on any atom is 0.187 e. The van der Waals surface area contributed by atoms with Crippen LogP contribution in [0.4, 0.5) is 15.2 Å². The zero-order chi connectivity index (χ0) is 9.10. The van der Waals surface area contributed by atoms with Crippen LogP contribution < -0.4 is 5.32 Å². The third-order valence-corrected chi connectivity index (χ3v) is 2.24. The number of rotatable bonds is 2. The number of hydrogen-bond acceptors (Lipinski definition) is 3. The monoisotopic (exact) mass is 194 g/mol. The quantitative estimate of drug-likeness (QED) is 0.794. The van der Waals surface area contributed by atoms with Gasteiger partial charge in [-0.15, -0.1) is 11.3 Å². The summed E-state index contributed by atoms with van der Waals surface area (Å²) in [5.41, 5.74) is 0.456. The molecule has 0 aliphatic carbocycles. The number of anilines is 2. The fourth-order valence-electron chi connectivity index (χ4n) is 0.963. The molecule has 2 nitrogen and oxygen atoms in total. The first-order valence-corrected chi connectivity index (χ1v) is 4.65. The maximum absolute atomic E-state index is 13.1. The number of nitrogens with zero attached hydrogens (tertiary/aromatic N) is 1. The molecule has 1 aromatic heterocycles. The van der Waals surface area contributed by atoms with E-state index in [9.17, 15) is 4.39 Å². The predicted molar refractivity (Wildman–Crippen MR) is 51.8 cm³/mol. The maximum atomic E-state index is 13.1. The number of nitrogens with one attached hydrogen (secondary N) is 1. The van der Waals surface area contributed by atoms with Crippen LogP contribution in [0.5, 0.6) is 0 Å². The zero-order valence-corrected chi connectivity index (χ0v) is 7.51. The highest BCUT2D eigenvalue weighted by atomic mass is 32.1. The lowest BCUT2D eigenvalue weighted by molar-refractivity contribution is 0.632. The van der Waals surface area contributed by atoms with Gasteiger partial charge in [-0.1, -0.05) is 12.1 Å². The van der Waals surface area contributed by atoms with Crippen LogP contribution in [0.25, 0.3) is 0 Å². The first-order valence-electron chi connectivity index (χ1n) is 3.77. The standard InChI is InChI=1S/C9H7FN2S/c10-7-3-1-2-4-8(7)12-9-11-5-6-13-9/h1-6H,(H,11,12). The van der Waals surface area contributed by atoms with E-state index in [0.29, 0.717) is 10.8 Å². The minimum Gasteiger partial charge on any atom is -0.329 e. The van der Waals surface area contributed by atoms with Crippen LogP contribution in [-0.4, -0.2) is 4.98 Å². The van der Waals surface area contributed by atoms with Gasteiger partial charge in [0.15, 0.2) is 5.13 Å². The molecule has 2 rings (SSSR count). The lowest BCUT2D eigenvalue weighted by atomic mass is 10.3. The van der Waals surface area contributed by atoms with E-state index in [2.05, 4.69) is 10.3 Å². The van der Waals surface area contributed by atoms with Crippen molar-refractivity contribution in [2.75, 3.05) is 5.32 Å². The van der Waals surface area contributed by atoms with E-state index < -0.39 is 0 Å². The fraction of sp³-hybridized carbons (Fsp3) is 0. The third-order valence-electron chi connectivity index (χ3n) is 1.55. The second kappa shape index (κ2) is 3.53. The first kappa shape index (κ1) is 8.19. The minimum absolute atomic E-state index is 0.266. The Hall–Kier alpha value is -1.42. The fourth-order valence-corrected chi connectivity index (χ4v) is 1.50. The summed E-state index contributed by atoms with van der Waals surface area (Å²) in [7, 11) is 0. The van der Waals surface area contributed by atoms with Crippen molar-refractivity contribution in [3.05, 3.63) is 41.7 Å². The number of benzene rings is 1. The number of aromatic nitrogens is 1. The second-order valence-electron chi connectivity index (χ2n) is 2.44. The predicted octanol–water partition coefficient (Wildman–Crippen LogP) is 3.03. The normalized spacial score (nSPS) is 9.92. The van der Waals surface area contributed by atoms with Gasteiger partial charge in [0.25, 0.3) is 0 Å². The van der Waals surface area contributed by atoms with Crippen molar-refractivity contribution in [3.63, 3.8) is 0 Å². The van der Waals surface area contributed by atoms with Crippen LogP contribution >= 0.6 is 11.3 Å². The summed E-state index contributed by atoms with van der Waals surface area (Å²) in [5, 5.41) is 5.42. The van der Waals surface area contributed by atoms with Crippen molar-refractivity contribution in [2.45, 2.75) is 0 Å². The lowest BCUT2D eigenvalue weighted by Gasteiger charge is -2.02. The SMILES string of the molecule is Fc1ccccc1Nc1nccs1. The van der Waals surface area contributed by atoms with E-state index in [4.69, 9.17) is 0 Å². The summed E-state index contributed by atoms with van der Waals surface area (Å²) in [4.78, 5) is 3.99. The highest BCUT2D eigenvalue weighted by molar-refractivity contribution is 7.13. The van der Waals surface area contributed by atoms with Gasteiger partial charge in [0.1, 0.15) is 5.82 Å². The Morgan fingerprint density at radius 3 is 2.85 bits per heavy atom. The van der Waals surface area contributed by atoms with Crippen molar-refractivity contribution < 1.29 is 4.39 Å². The van der Waals surface area contributed by atoms with E-state index in [1.165, 1.54) is 17.4 Å². The van der Waals surface area contributed by atoms with Crippen molar-refractivity contribution in [2.24, 2.45) is 0 Å². The largest absolute Gasteiger partial charge is 0.329 e. The van der Waals surface area contributed by atoms with E-state index in [-0.39, 0.29) is 5.82 Å². The van der Waals surface area contributed by atoms with Crippen molar-refractivity contribution in [1.82, 2.24) is 4.98 Å². The first-order chi connectivity index (χ1) is 6.36. The van der Waals surface area contributed by atoms with E-state index in [1.54, 1.807) is 24.4 Å². The van der Waals surface area contributed by atoms with Crippen molar-refractivity contribution in [1.29, 1.82) is 0 Å². The molecule has 0 bridgehead atoms. The summed E-state index contributed by atoms with van der Waals surface area (Å²) in [5.74, 6) is -0.266. The molecule has 0 aliphatic heterocycles. The molecule has 0 saturated heterocycles. The summed E-state index contributed by atoms with van der Waals surface area (Å²) >= 11 is 1.44. The number of thiazole rings is 1. The van der Waals surface area contributed by atoms with Gasteiger partial charge in [-0.25, -0.2) is 9.37 Å². The van der Waals surface area contributed by atoms with E-state index >= 15 is 0 Å². The molecule has 0 spiro atoms. The minimum atomic E-state index is -0.266. The van der Waals surface area contributed by atoms with Crippen LogP contribution in [0.1, 0.15) is 0 Å². The molecule has 1 aromatic carbocycles. The molecule has 0 amide bonds. The van der Waals surface area contributed by atoms with Gasteiger partial charge in [0, 0.05) is 11.6 Å². The molecule has 13 heavy (non-hydrogen) atoms. The molecule has 0 saturated carbocycles. The van der Waals surface area contributed by atoms with E-state index in [1.807, 2.05) is 5.38 Å². The smallest absolute Gasteiger partial charge is 0.187 e. The molecule has 0 unspecified atom stereocenters. The Kier molecular flexibility index (Phi) is 2.23. The van der Waals surface area contributed by atoms with Crippen LogP contribution in [0, 0.1) is 5.82 Å². The molecular formula is C9H7FN2S. The highest BCUT2D eigenvalue weighted by Crippen LogP contribution is 2.20. The van der Waals surface area contributed by atoms with Crippen LogP contribution in [0.2, 0.25) is 0 Å².